The van der Waals surface area contributed by atoms with Crippen LogP contribution in [0.15, 0.2) is 53.5 Å². The minimum absolute atomic E-state index is 0.303. The van der Waals surface area contributed by atoms with Crippen LogP contribution in [-0.4, -0.2) is 28.8 Å². The number of aliphatic imine (C=N–C) groups is 1. The number of methoxy groups -OCH3 is 1. The fourth-order valence-electron chi connectivity index (χ4n) is 3.22. The van der Waals surface area contributed by atoms with E-state index < -0.39 is 0 Å². The lowest BCUT2D eigenvalue weighted by Gasteiger charge is -2.14. The molecule has 0 unspecified atom stereocenters. The smallest absolute Gasteiger partial charge is 0.258 e. The molecule has 8 heteroatoms. The predicted octanol–water partition coefficient (Wildman–Crippen LogP) is 4.58. The Hall–Kier alpha value is -3.32. The van der Waals surface area contributed by atoms with Gasteiger partial charge in [0.25, 0.3) is 5.91 Å². The quantitative estimate of drug-likeness (QED) is 0.435. The molecule has 162 valence electrons. The number of amides is 1. The second-order valence-electron chi connectivity index (χ2n) is 6.92. The molecule has 0 spiro atoms. The number of carbonyl (C=O) groups is 1. The number of nitrogens with one attached hydrogen (secondary N) is 2. The van der Waals surface area contributed by atoms with Gasteiger partial charge in [-0.3, -0.25) is 14.8 Å². The summed E-state index contributed by atoms with van der Waals surface area (Å²) in [6.45, 7) is 7.18. The first-order valence-electron chi connectivity index (χ1n) is 9.97. The zero-order chi connectivity index (χ0) is 22.4. The van der Waals surface area contributed by atoms with Crippen molar-refractivity contribution < 1.29 is 9.53 Å². The number of para-hydroxylation sites is 2. The SMILES string of the molecule is CCn1nc(C)c(CN=C(NC(=O)c2cccc(Cl)c2)Nc2ccccc2OC)c1C. The average molecular weight is 440 g/mol. The molecule has 0 saturated heterocycles. The highest BCUT2D eigenvalue weighted by Crippen LogP contribution is 2.23. The molecule has 2 aromatic carbocycles. The summed E-state index contributed by atoms with van der Waals surface area (Å²) in [7, 11) is 1.59. The Bertz CT molecular complexity index is 1110. The van der Waals surface area contributed by atoms with E-state index in [1.807, 2.05) is 49.7 Å². The van der Waals surface area contributed by atoms with Gasteiger partial charge in [-0.15, -0.1) is 0 Å². The van der Waals surface area contributed by atoms with E-state index in [4.69, 9.17) is 16.3 Å². The number of halogens is 1. The lowest BCUT2D eigenvalue weighted by atomic mass is 10.2. The lowest BCUT2D eigenvalue weighted by Crippen LogP contribution is -2.36. The van der Waals surface area contributed by atoms with Crippen LogP contribution in [0.3, 0.4) is 0 Å². The summed E-state index contributed by atoms with van der Waals surface area (Å²) in [4.78, 5) is 17.5. The number of hydrogen-bond donors (Lipinski definition) is 2. The molecule has 1 heterocycles. The average Bonchev–Trinajstić information content (AvgIpc) is 3.05. The summed E-state index contributed by atoms with van der Waals surface area (Å²) in [5, 5.41) is 11.1. The Labute approximate surface area is 187 Å². The van der Waals surface area contributed by atoms with E-state index in [1.165, 1.54) is 0 Å². The number of aryl methyl sites for hydroxylation is 2. The molecule has 0 saturated carbocycles. The van der Waals surface area contributed by atoms with E-state index >= 15 is 0 Å². The first kappa shape index (κ1) is 22.4. The molecule has 0 radical (unpaired) electrons. The molecule has 0 atom stereocenters. The first-order valence-corrected chi connectivity index (χ1v) is 10.3. The van der Waals surface area contributed by atoms with Crippen molar-refractivity contribution in [2.24, 2.45) is 4.99 Å². The van der Waals surface area contributed by atoms with E-state index in [2.05, 4.69) is 20.7 Å². The molecule has 1 aromatic heterocycles. The lowest BCUT2D eigenvalue weighted by molar-refractivity contribution is 0.0977. The second kappa shape index (κ2) is 10.1. The molecular weight excluding hydrogens is 414 g/mol. The largest absolute Gasteiger partial charge is 0.495 e. The summed E-state index contributed by atoms with van der Waals surface area (Å²) in [5.41, 5.74) is 4.13. The Morgan fingerprint density at radius 2 is 1.97 bits per heavy atom. The van der Waals surface area contributed by atoms with Crippen molar-refractivity contribution in [3.05, 3.63) is 76.1 Å². The van der Waals surface area contributed by atoms with Crippen LogP contribution in [-0.2, 0) is 13.1 Å². The molecule has 2 N–H and O–H groups in total. The standard InChI is InChI=1S/C23H26ClN5O2/c1-5-29-16(3)19(15(2)28-29)14-25-23(26-20-11-6-7-12-21(20)31-4)27-22(30)17-9-8-10-18(24)13-17/h6-13H,5,14H2,1-4H3,(H2,25,26,27,30). The number of hydrogen-bond acceptors (Lipinski definition) is 4. The molecule has 7 nitrogen and oxygen atoms in total. The van der Waals surface area contributed by atoms with E-state index in [-0.39, 0.29) is 5.91 Å². The molecule has 0 fully saturated rings. The summed E-state index contributed by atoms with van der Waals surface area (Å²) >= 11 is 6.04. The number of carbonyl (C=O) groups excluding carboxylic acids is 1. The Morgan fingerprint density at radius 3 is 2.65 bits per heavy atom. The Balaban J connectivity index is 1.90. The van der Waals surface area contributed by atoms with Crippen molar-refractivity contribution in [2.75, 3.05) is 12.4 Å². The molecule has 3 aromatic rings. The third-order valence-corrected chi connectivity index (χ3v) is 5.14. The minimum atomic E-state index is -0.318. The van der Waals surface area contributed by atoms with Gasteiger partial charge in [-0.25, -0.2) is 4.99 Å². The van der Waals surface area contributed by atoms with Gasteiger partial charge >= 0.3 is 0 Å². The fourth-order valence-corrected chi connectivity index (χ4v) is 3.41. The summed E-state index contributed by atoms with van der Waals surface area (Å²) in [6, 6.07) is 14.2. The number of anilines is 1. The van der Waals surface area contributed by atoms with E-state index in [9.17, 15) is 4.79 Å². The van der Waals surface area contributed by atoms with Crippen molar-refractivity contribution in [1.82, 2.24) is 15.1 Å². The first-order chi connectivity index (χ1) is 14.9. The number of rotatable bonds is 6. The van der Waals surface area contributed by atoms with Gasteiger partial charge in [0, 0.05) is 28.4 Å². The maximum atomic E-state index is 12.8. The molecule has 0 bridgehead atoms. The van der Waals surface area contributed by atoms with Crippen molar-refractivity contribution in [2.45, 2.75) is 33.9 Å². The van der Waals surface area contributed by atoms with Crippen LogP contribution < -0.4 is 15.4 Å². The Kier molecular flexibility index (Phi) is 7.31. The fraction of sp³-hybridized carbons (Fsp3) is 0.261. The van der Waals surface area contributed by atoms with Gasteiger partial charge in [-0.1, -0.05) is 29.8 Å². The van der Waals surface area contributed by atoms with Crippen molar-refractivity contribution in [3.63, 3.8) is 0 Å². The maximum Gasteiger partial charge on any atom is 0.258 e. The molecular formula is C23H26ClN5O2. The highest BCUT2D eigenvalue weighted by molar-refractivity contribution is 6.31. The zero-order valence-electron chi connectivity index (χ0n) is 18.1. The summed E-state index contributed by atoms with van der Waals surface area (Å²) in [5.74, 6) is 0.622. The van der Waals surface area contributed by atoms with Gasteiger partial charge < -0.3 is 10.1 Å². The topological polar surface area (TPSA) is 80.5 Å². The molecule has 0 aliphatic heterocycles. The molecule has 1 amide bonds. The molecule has 31 heavy (non-hydrogen) atoms. The van der Waals surface area contributed by atoms with Crippen LogP contribution in [0.2, 0.25) is 5.02 Å². The number of guanidine groups is 1. The van der Waals surface area contributed by atoms with Crippen LogP contribution in [0.25, 0.3) is 0 Å². The molecule has 3 rings (SSSR count). The number of ether oxygens (including phenoxy) is 1. The monoisotopic (exact) mass is 439 g/mol. The number of benzene rings is 2. The van der Waals surface area contributed by atoms with Gasteiger partial charge in [0.15, 0.2) is 0 Å². The van der Waals surface area contributed by atoms with Crippen molar-refractivity contribution >= 4 is 29.2 Å². The predicted molar refractivity (Wildman–Crippen MR) is 124 cm³/mol. The molecule has 0 aliphatic carbocycles. The Morgan fingerprint density at radius 1 is 1.19 bits per heavy atom. The second-order valence-corrected chi connectivity index (χ2v) is 7.36. The van der Waals surface area contributed by atoms with Crippen molar-refractivity contribution in [1.29, 1.82) is 0 Å². The zero-order valence-corrected chi connectivity index (χ0v) is 18.8. The van der Waals surface area contributed by atoms with Crippen LogP contribution >= 0.6 is 11.6 Å². The summed E-state index contributed by atoms with van der Waals surface area (Å²) in [6.07, 6.45) is 0. The number of nitrogens with zero attached hydrogens (tertiary/aromatic N) is 3. The van der Waals surface area contributed by atoms with Crippen LogP contribution in [0.1, 0.15) is 34.2 Å². The van der Waals surface area contributed by atoms with Crippen LogP contribution in [0, 0.1) is 13.8 Å². The maximum absolute atomic E-state index is 12.8. The van der Waals surface area contributed by atoms with E-state index in [1.54, 1.807) is 31.4 Å². The van der Waals surface area contributed by atoms with Crippen LogP contribution in [0.5, 0.6) is 5.75 Å². The third-order valence-electron chi connectivity index (χ3n) is 4.90. The number of aromatic nitrogens is 2. The normalized spacial score (nSPS) is 11.3. The third kappa shape index (κ3) is 5.44. The van der Waals surface area contributed by atoms with E-state index in [0.29, 0.717) is 34.5 Å². The van der Waals surface area contributed by atoms with Gasteiger partial charge in [0.1, 0.15) is 5.75 Å². The van der Waals surface area contributed by atoms with Gasteiger partial charge in [0.2, 0.25) is 5.96 Å². The summed E-state index contributed by atoms with van der Waals surface area (Å²) < 4.78 is 7.35. The van der Waals surface area contributed by atoms with E-state index in [0.717, 1.165) is 23.5 Å². The van der Waals surface area contributed by atoms with Gasteiger partial charge in [0.05, 0.1) is 25.0 Å². The highest BCUT2D eigenvalue weighted by Gasteiger charge is 2.14. The van der Waals surface area contributed by atoms with Gasteiger partial charge in [-0.05, 0) is 51.1 Å². The van der Waals surface area contributed by atoms with Crippen LogP contribution in [0.4, 0.5) is 5.69 Å². The highest BCUT2D eigenvalue weighted by atomic mass is 35.5. The molecule has 0 aliphatic rings. The minimum Gasteiger partial charge on any atom is -0.495 e. The van der Waals surface area contributed by atoms with Crippen molar-refractivity contribution in [3.8, 4) is 5.75 Å². The van der Waals surface area contributed by atoms with Gasteiger partial charge in [-0.2, -0.15) is 5.10 Å².